The second-order valence-electron chi connectivity index (χ2n) is 4.88. The molecule has 1 aliphatic heterocycles. The van der Waals surface area contributed by atoms with Gasteiger partial charge in [0.15, 0.2) is 0 Å². The highest BCUT2D eigenvalue weighted by atomic mass is 35.5. The highest BCUT2D eigenvalue weighted by molar-refractivity contribution is 7.09. The van der Waals surface area contributed by atoms with Crippen molar-refractivity contribution in [2.75, 3.05) is 33.3 Å². The van der Waals surface area contributed by atoms with Gasteiger partial charge in [0.05, 0.1) is 19.3 Å². The third-order valence-corrected chi connectivity index (χ3v) is 4.32. The van der Waals surface area contributed by atoms with E-state index < -0.39 is 0 Å². The van der Waals surface area contributed by atoms with Crippen molar-refractivity contribution in [3.63, 3.8) is 0 Å². The fourth-order valence-corrected chi connectivity index (χ4v) is 3.20. The number of aromatic nitrogens is 1. The molecule has 0 aliphatic carbocycles. The fraction of sp³-hybridized carbons (Fsp3) is 0.400. The molecular weight excluding hydrogens is 341 g/mol. The van der Waals surface area contributed by atoms with E-state index in [4.69, 9.17) is 9.72 Å². The molecule has 0 amide bonds. The molecule has 0 saturated carbocycles. The second kappa shape index (κ2) is 9.33. The van der Waals surface area contributed by atoms with E-state index in [0.29, 0.717) is 0 Å². The van der Waals surface area contributed by atoms with Gasteiger partial charge in [0.2, 0.25) is 0 Å². The number of thiazole rings is 1. The molecule has 1 aromatic carbocycles. The molecule has 1 fully saturated rings. The van der Waals surface area contributed by atoms with Gasteiger partial charge in [0.25, 0.3) is 0 Å². The van der Waals surface area contributed by atoms with Gasteiger partial charge in [-0.15, -0.1) is 36.2 Å². The lowest BCUT2D eigenvalue weighted by Gasteiger charge is -2.26. The van der Waals surface area contributed by atoms with Crippen molar-refractivity contribution in [3.8, 4) is 17.0 Å². The predicted octanol–water partition coefficient (Wildman–Crippen LogP) is 3.07. The van der Waals surface area contributed by atoms with Crippen molar-refractivity contribution in [2.45, 2.75) is 6.54 Å². The van der Waals surface area contributed by atoms with Crippen molar-refractivity contribution in [1.29, 1.82) is 0 Å². The number of rotatable bonds is 4. The minimum Gasteiger partial charge on any atom is -0.497 e. The lowest BCUT2D eigenvalue weighted by atomic mass is 10.2. The minimum absolute atomic E-state index is 0. The van der Waals surface area contributed by atoms with Crippen LogP contribution in [0.5, 0.6) is 5.75 Å². The molecule has 0 atom stereocenters. The summed E-state index contributed by atoms with van der Waals surface area (Å²) in [5, 5.41) is 6.69. The summed E-state index contributed by atoms with van der Waals surface area (Å²) in [6, 6.07) is 8.07. The van der Waals surface area contributed by atoms with Crippen LogP contribution < -0.4 is 10.1 Å². The molecule has 0 radical (unpaired) electrons. The van der Waals surface area contributed by atoms with Gasteiger partial charge in [-0.05, 0) is 12.1 Å². The van der Waals surface area contributed by atoms with Crippen molar-refractivity contribution >= 4 is 36.2 Å². The van der Waals surface area contributed by atoms with Crippen LogP contribution in [0.3, 0.4) is 0 Å². The zero-order chi connectivity index (χ0) is 13.8. The first-order chi connectivity index (χ1) is 9.85. The zero-order valence-corrected chi connectivity index (χ0v) is 14.9. The van der Waals surface area contributed by atoms with Crippen LogP contribution in [0.15, 0.2) is 29.6 Å². The van der Waals surface area contributed by atoms with Crippen molar-refractivity contribution in [3.05, 3.63) is 34.7 Å². The molecule has 1 aromatic heterocycles. The molecular formula is C15H21Cl2N3OS. The molecule has 0 unspecified atom stereocenters. The number of piperazine rings is 1. The number of methoxy groups -OCH3 is 1. The Kier molecular flexibility index (Phi) is 8.14. The van der Waals surface area contributed by atoms with Gasteiger partial charge >= 0.3 is 0 Å². The Bertz CT molecular complexity index is 573. The summed E-state index contributed by atoms with van der Waals surface area (Å²) >= 11 is 1.74. The average molecular weight is 362 g/mol. The topological polar surface area (TPSA) is 37.4 Å². The molecule has 7 heteroatoms. The van der Waals surface area contributed by atoms with Gasteiger partial charge in [-0.2, -0.15) is 0 Å². The third-order valence-electron chi connectivity index (χ3n) is 3.49. The molecule has 4 nitrogen and oxygen atoms in total. The number of hydrogen-bond acceptors (Lipinski definition) is 5. The van der Waals surface area contributed by atoms with Gasteiger partial charge in [0, 0.05) is 37.1 Å². The van der Waals surface area contributed by atoms with E-state index in [1.54, 1.807) is 18.4 Å². The fourth-order valence-electron chi connectivity index (χ4n) is 2.36. The van der Waals surface area contributed by atoms with Gasteiger partial charge in [0.1, 0.15) is 10.8 Å². The van der Waals surface area contributed by atoms with Crippen LogP contribution in [0.25, 0.3) is 11.3 Å². The smallest absolute Gasteiger partial charge is 0.119 e. The maximum atomic E-state index is 5.27. The Morgan fingerprint density at radius 2 is 2.05 bits per heavy atom. The largest absolute Gasteiger partial charge is 0.497 e. The molecule has 1 aliphatic rings. The molecule has 3 rings (SSSR count). The van der Waals surface area contributed by atoms with E-state index in [-0.39, 0.29) is 24.8 Å². The highest BCUT2D eigenvalue weighted by Crippen LogP contribution is 2.25. The summed E-state index contributed by atoms with van der Waals surface area (Å²) in [6.45, 7) is 5.32. The summed E-state index contributed by atoms with van der Waals surface area (Å²) in [5.41, 5.74) is 2.16. The number of hydrogen-bond donors (Lipinski definition) is 1. The first-order valence-corrected chi connectivity index (χ1v) is 7.75. The lowest BCUT2D eigenvalue weighted by Crippen LogP contribution is -2.42. The maximum absolute atomic E-state index is 5.27. The Morgan fingerprint density at radius 1 is 1.27 bits per heavy atom. The highest BCUT2D eigenvalue weighted by Gasteiger charge is 2.12. The Labute approximate surface area is 147 Å². The van der Waals surface area contributed by atoms with Gasteiger partial charge in [-0.1, -0.05) is 12.1 Å². The SMILES string of the molecule is COc1cccc(-c2csc(CN3CCNCC3)n2)c1.Cl.Cl. The number of halogens is 2. The van der Waals surface area contributed by atoms with Crippen LogP contribution in [-0.2, 0) is 6.54 Å². The quantitative estimate of drug-likeness (QED) is 0.907. The van der Waals surface area contributed by atoms with Crippen LogP contribution in [-0.4, -0.2) is 43.2 Å². The second-order valence-corrected chi connectivity index (χ2v) is 5.83. The van der Waals surface area contributed by atoms with Gasteiger partial charge in [-0.25, -0.2) is 4.98 Å². The molecule has 1 N–H and O–H groups in total. The molecule has 122 valence electrons. The number of nitrogens with one attached hydrogen (secondary N) is 1. The summed E-state index contributed by atoms with van der Waals surface area (Å²) in [7, 11) is 1.69. The number of nitrogens with zero attached hydrogens (tertiary/aromatic N) is 2. The molecule has 22 heavy (non-hydrogen) atoms. The van der Waals surface area contributed by atoms with Crippen LogP contribution in [0, 0.1) is 0 Å². The van der Waals surface area contributed by atoms with Crippen molar-refractivity contribution in [2.24, 2.45) is 0 Å². The standard InChI is InChI=1S/C15H19N3OS.2ClH/c1-19-13-4-2-3-12(9-13)14-11-20-15(17-14)10-18-7-5-16-6-8-18;;/h2-4,9,11,16H,5-8,10H2,1H3;2*1H. The molecule has 1 saturated heterocycles. The summed E-state index contributed by atoms with van der Waals surface area (Å²) in [5.74, 6) is 0.874. The Morgan fingerprint density at radius 3 is 2.77 bits per heavy atom. The van der Waals surface area contributed by atoms with Crippen LogP contribution in [0.1, 0.15) is 5.01 Å². The maximum Gasteiger partial charge on any atom is 0.119 e. The molecule has 0 bridgehead atoms. The van der Waals surface area contributed by atoms with Gasteiger partial charge < -0.3 is 10.1 Å². The van der Waals surface area contributed by atoms with E-state index in [1.165, 1.54) is 5.01 Å². The third kappa shape index (κ3) is 4.83. The molecule has 0 spiro atoms. The van der Waals surface area contributed by atoms with Crippen molar-refractivity contribution in [1.82, 2.24) is 15.2 Å². The number of ether oxygens (including phenoxy) is 1. The minimum atomic E-state index is 0. The lowest BCUT2D eigenvalue weighted by molar-refractivity contribution is 0.233. The Hall–Kier alpha value is -0.850. The van der Waals surface area contributed by atoms with Crippen LogP contribution in [0.4, 0.5) is 0 Å². The predicted molar refractivity (Wildman–Crippen MR) is 96.7 cm³/mol. The first kappa shape index (κ1) is 19.2. The monoisotopic (exact) mass is 361 g/mol. The van der Waals surface area contributed by atoms with E-state index >= 15 is 0 Å². The van der Waals surface area contributed by atoms with Gasteiger partial charge in [-0.3, -0.25) is 4.90 Å². The van der Waals surface area contributed by atoms with Crippen LogP contribution >= 0.6 is 36.2 Å². The number of benzene rings is 1. The van der Waals surface area contributed by atoms with E-state index in [2.05, 4.69) is 21.7 Å². The molecule has 2 aromatic rings. The summed E-state index contributed by atoms with van der Waals surface area (Å²) in [6.07, 6.45) is 0. The van der Waals surface area contributed by atoms with E-state index in [9.17, 15) is 0 Å². The van der Waals surface area contributed by atoms with Crippen molar-refractivity contribution < 1.29 is 4.74 Å². The summed E-state index contributed by atoms with van der Waals surface area (Å²) in [4.78, 5) is 7.20. The first-order valence-electron chi connectivity index (χ1n) is 6.87. The van der Waals surface area contributed by atoms with E-state index in [1.807, 2.05) is 18.2 Å². The normalized spacial score (nSPS) is 14.8. The van der Waals surface area contributed by atoms with E-state index in [0.717, 1.165) is 49.7 Å². The summed E-state index contributed by atoms with van der Waals surface area (Å²) < 4.78 is 5.27. The molecule has 2 heterocycles. The Balaban J connectivity index is 0.00000121. The van der Waals surface area contributed by atoms with Crippen LogP contribution in [0.2, 0.25) is 0 Å². The zero-order valence-electron chi connectivity index (χ0n) is 12.4. The average Bonchev–Trinajstić information content (AvgIpc) is 2.97.